The molecule has 0 radical (unpaired) electrons. The van der Waals surface area contributed by atoms with E-state index in [4.69, 9.17) is 4.74 Å². The summed E-state index contributed by atoms with van der Waals surface area (Å²) in [6.45, 7) is 15.6. The quantitative estimate of drug-likeness (QED) is 0.371. The van der Waals surface area contributed by atoms with Gasteiger partial charge in [-0.05, 0) is 86.4 Å². The van der Waals surface area contributed by atoms with Gasteiger partial charge in [-0.15, -0.1) is 0 Å². The van der Waals surface area contributed by atoms with Crippen LogP contribution in [0.3, 0.4) is 0 Å². The predicted molar refractivity (Wildman–Crippen MR) is 135 cm³/mol. The Morgan fingerprint density at radius 1 is 1.14 bits per heavy atom. The SMILES string of the molecule is C/C(=C\CC[C@@H](C)[C@@]1(C)C[C@H]2O[C@@]23[C@]1(C)CCC(=O)[C@@]31CC[C@H]2C(C)(C)[C@@H](O)CC[C@@]21C)C(=O)O. The number of carbonyl (C=O) groups excluding carboxylic acids is 1. The fourth-order valence-corrected chi connectivity index (χ4v) is 10.6. The second-order valence-corrected chi connectivity index (χ2v) is 14.2. The van der Waals surface area contributed by atoms with Gasteiger partial charge in [0.05, 0.1) is 17.6 Å². The Morgan fingerprint density at radius 3 is 2.49 bits per heavy atom. The van der Waals surface area contributed by atoms with Crippen molar-refractivity contribution >= 4 is 11.8 Å². The van der Waals surface area contributed by atoms with E-state index in [9.17, 15) is 19.8 Å². The zero-order valence-electron chi connectivity index (χ0n) is 22.9. The molecule has 5 nitrogen and oxygen atoms in total. The van der Waals surface area contributed by atoms with Gasteiger partial charge < -0.3 is 14.9 Å². The van der Waals surface area contributed by atoms with Gasteiger partial charge in [-0.3, -0.25) is 4.79 Å². The van der Waals surface area contributed by atoms with Gasteiger partial charge in [0, 0.05) is 17.4 Å². The molecule has 5 fully saturated rings. The van der Waals surface area contributed by atoms with Crippen LogP contribution in [0, 0.1) is 38.9 Å². The van der Waals surface area contributed by atoms with Crippen LogP contribution >= 0.6 is 0 Å². The number of rotatable bonds is 5. The molecule has 5 rings (SSSR count). The molecule has 0 aromatic carbocycles. The summed E-state index contributed by atoms with van der Waals surface area (Å²) in [5, 5.41) is 20.1. The van der Waals surface area contributed by atoms with Gasteiger partial charge >= 0.3 is 5.97 Å². The lowest BCUT2D eigenvalue weighted by Crippen LogP contribution is -2.67. The number of fused-ring (bicyclic) bond motifs is 2. The summed E-state index contributed by atoms with van der Waals surface area (Å²) >= 11 is 0. The first-order valence-corrected chi connectivity index (χ1v) is 13.9. The lowest BCUT2D eigenvalue weighted by molar-refractivity contribution is -0.196. The van der Waals surface area contributed by atoms with Crippen molar-refractivity contribution in [2.45, 2.75) is 124 Å². The highest BCUT2D eigenvalue weighted by Gasteiger charge is 2.91. The first-order valence-electron chi connectivity index (χ1n) is 13.9. The van der Waals surface area contributed by atoms with E-state index in [0.29, 0.717) is 29.6 Å². The highest BCUT2D eigenvalue weighted by atomic mass is 16.6. The molecule has 5 aliphatic rings. The Labute approximate surface area is 211 Å². The molecule has 35 heavy (non-hydrogen) atoms. The topological polar surface area (TPSA) is 87.1 Å². The molecule has 1 heterocycles. The summed E-state index contributed by atoms with van der Waals surface area (Å²) < 4.78 is 6.81. The van der Waals surface area contributed by atoms with Gasteiger partial charge in [0.2, 0.25) is 0 Å². The summed E-state index contributed by atoms with van der Waals surface area (Å²) in [6.07, 6.45) is 9.40. The average Bonchev–Trinajstić information content (AvgIpc) is 3.33. The Hall–Kier alpha value is -1.20. The Bertz CT molecular complexity index is 983. The molecule has 2 N–H and O–H groups in total. The molecule has 5 heteroatoms. The van der Waals surface area contributed by atoms with Gasteiger partial charge in [0.25, 0.3) is 0 Å². The number of aliphatic hydroxyl groups is 1. The van der Waals surface area contributed by atoms with Gasteiger partial charge in [0.1, 0.15) is 11.4 Å². The minimum absolute atomic E-state index is 0.0345. The van der Waals surface area contributed by atoms with Crippen LogP contribution in [0.5, 0.6) is 0 Å². The zero-order chi connectivity index (χ0) is 25.8. The van der Waals surface area contributed by atoms with E-state index < -0.39 is 17.0 Å². The molecular formula is C30H46O5. The predicted octanol–water partition coefficient (Wildman–Crippen LogP) is 5.93. The minimum Gasteiger partial charge on any atom is -0.478 e. The molecule has 0 aromatic rings. The number of carboxylic acid groups (broad SMARTS) is 1. The standard InChI is InChI=1S/C30H46O5/c1-18(24(33)34)9-8-10-19(2)27(6)17-23-30(35-23)28(27,7)15-13-22(32)29(30)16-11-20-25(3,4)21(31)12-14-26(20,29)5/h9,19-21,23,31H,8,10-17H2,1-7H3,(H,33,34)/b18-9+/t19-,20+,21+,23-,26+,27-,28-,29-,30-/m1/s1. The molecule has 196 valence electrons. The maximum Gasteiger partial charge on any atom is 0.330 e. The van der Waals surface area contributed by atoms with Crippen molar-refractivity contribution in [1.82, 2.24) is 0 Å². The molecule has 1 saturated heterocycles. The molecule has 4 saturated carbocycles. The summed E-state index contributed by atoms with van der Waals surface area (Å²) in [5.41, 5.74) is -0.857. The molecule has 9 atom stereocenters. The van der Waals surface area contributed by atoms with Crippen molar-refractivity contribution < 1.29 is 24.5 Å². The van der Waals surface area contributed by atoms with Crippen molar-refractivity contribution in [2.24, 2.45) is 38.9 Å². The fourth-order valence-electron chi connectivity index (χ4n) is 10.6. The van der Waals surface area contributed by atoms with Crippen molar-refractivity contribution in [3.05, 3.63) is 11.6 Å². The number of Topliss-reactive ketones (excluding diaryl/α,β-unsaturated/α-hetero) is 1. The number of ketones is 1. The van der Waals surface area contributed by atoms with Crippen LogP contribution in [0.1, 0.15) is 106 Å². The second-order valence-electron chi connectivity index (χ2n) is 14.2. The molecule has 2 spiro atoms. The molecule has 0 amide bonds. The molecule has 0 aromatic heterocycles. The lowest BCUT2D eigenvalue weighted by atomic mass is 9.40. The van der Waals surface area contributed by atoms with Crippen molar-refractivity contribution in [3.8, 4) is 0 Å². The molecule has 0 unspecified atom stereocenters. The fraction of sp³-hybridized carbons (Fsp3) is 0.867. The van der Waals surface area contributed by atoms with E-state index in [0.717, 1.165) is 51.4 Å². The number of epoxide rings is 1. The second kappa shape index (κ2) is 7.43. The molecule has 1 aliphatic heterocycles. The van der Waals surface area contributed by atoms with Crippen LogP contribution in [0.25, 0.3) is 0 Å². The number of aliphatic hydroxyl groups excluding tert-OH is 1. The third-order valence-electron chi connectivity index (χ3n) is 13.1. The van der Waals surface area contributed by atoms with E-state index in [1.54, 1.807) is 6.92 Å². The summed E-state index contributed by atoms with van der Waals surface area (Å²) in [5.74, 6) is 0.297. The third-order valence-corrected chi connectivity index (χ3v) is 13.1. The third kappa shape index (κ3) is 2.73. The van der Waals surface area contributed by atoms with Crippen LogP contribution < -0.4 is 0 Å². The number of allylic oxidation sites excluding steroid dienone is 1. The number of hydrogen-bond acceptors (Lipinski definition) is 4. The van der Waals surface area contributed by atoms with E-state index in [-0.39, 0.29) is 33.9 Å². The average molecular weight is 487 g/mol. The van der Waals surface area contributed by atoms with Crippen molar-refractivity contribution in [2.75, 3.05) is 0 Å². The Kier molecular flexibility index (Phi) is 5.40. The largest absolute Gasteiger partial charge is 0.478 e. The van der Waals surface area contributed by atoms with Gasteiger partial charge in [-0.2, -0.15) is 0 Å². The monoisotopic (exact) mass is 486 g/mol. The lowest BCUT2D eigenvalue weighted by Gasteiger charge is -2.63. The maximum atomic E-state index is 14.2. The number of ether oxygens (including phenoxy) is 1. The van der Waals surface area contributed by atoms with Crippen molar-refractivity contribution in [1.29, 1.82) is 0 Å². The summed E-state index contributed by atoms with van der Waals surface area (Å²) in [4.78, 5) is 25.4. The summed E-state index contributed by atoms with van der Waals surface area (Å²) in [6, 6.07) is 0. The normalized spacial score (nSPS) is 51.0. The summed E-state index contributed by atoms with van der Waals surface area (Å²) in [7, 11) is 0. The van der Waals surface area contributed by atoms with Crippen LogP contribution in [0.15, 0.2) is 11.6 Å². The highest BCUT2D eigenvalue weighted by Crippen LogP contribution is 2.86. The smallest absolute Gasteiger partial charge is 0.330 e. The van der Waals surface area contributed by atoms with Gasteiger partial charge in [0.15, 0.2) is 0 Å². The van der Waals surface area contributed by atoms with Crippen LogP contribution in [-0.2, 0) is 14.3 Å². The van der Waals surface area contributed by atoms with E-state index in [2.05, 4.69) is 41.5 Å². The van der Waals surface area contributed by atoms with E-state index >= 15 is 0 Å². The number of aliphatic carboxylic acids is 1. The van der Waals surface area contributed by atoms with Crippen LogP contribution in [-0.4, -0.2) is 39.8 Å². The van der Waals surface area contributed by atoms with Crippen molar-refractivity contribution in [3.63, 3.8) is 0 Å². The van der Waals surface area contributed by atoms with Gasteiger partial charge in [-0.25, -0.2) is 4.79 Å². The first-order chi connectivity index (χ1) is 16.2. The van der Waals surface area contributed by atoms with E-state index in [1.807, 2.05) is 6.08 Å². The Morgan fingerprint density at radius 2 is 1.83 bits per heavy atom. The first kappa shape index (κ1) is 25.4. The number of hydrogen-bond donors (Lipinski definition) is 2. The molecular weight excluding hydrogens is 440 g/mol. The maximum absolute atomic E-state index is 14.2. The van der Waals surface area contributed by atoms with E-state index in [1.165, 1.54) is 0 Å². The Balaban J connectivity index is 1.52. The molecule has 4 aliphatic carbocycles. The minimum atomic E-state index is -0.845. The zero-order valence-corrected chi connectivity index (χ0v) is 22.9. The molecule has 0 bridgehead atoms. The van der Waals surface area contributed by atoms with Crippen LogP contribution in [0.4, 0.5) is 0 Å². The van der Waals surface area contributed by atoms with Crippen LogP contribution in [0.2, 0.25) is 0 Å². The highest BCUT2D eigenvalue weighted by molar-refractivity contribution is 5.90. The van der Waals surface area contributed by atoms with Gasteiger partial charge in [-0.1, -0.05) is 47.6 Å². The number of carbonyl (C=O) groups is 2. The number of carboxylic acids is 1.